The zero-order chi connectivity index (χ0) is 18.6. The molecule has 25 heavy (non-hydrogen) atoms. The summed E-state index contributed by atoms with van der Waals surface area (Å²) in [5.41, 5.74) is 4.49. The van der Waals surface area contributed by atoms with Crippen LogP contribution in [-0.4, -0.2) is 11.1 Å². The van der Waals surface area contributed by atoms with E-state index in [0.29, 0.717) is 5.69 Å². The molecule has 134 valence electrons. The summed E-state index contributed by atoms with van der Waals surface area (Å²) in [6, 6.07) is 11.8. The van der Waals surface area contributed by atoms with Crippen LogP contribution in [0.25, 0.3) is 0 Å². The molecule has 0 heterocycles. The number of rotatable bonds is 6. The summed E-state index contributed by atoms with van der Waals surface area (Å²) >= 11 is 0. The van der Waals surface area contributed by atoms with E-state index in [0.717, 1.165) is 27.5 Å². The summed E-state index contributed by atoms with van der Waals surface area (Å²) in [7, 11) is 0. The van der Waals surface area contributed by atoms with Crippen molar-refractivity contribution >= 4 is 11.6 Å². The van der Waals surface area contributed by atoms with Gasteiger partial charge in [-0.3, -0.25) is 10.0 Å². The van der Waals surface area contributed by atoms with Crippen molar-refractivity contribution in [2.24, 2.45) is 0 Å². The van der Waals surface area contributed by atoms with Gasteiger partial charge in [-0.1, -0.05) is 56.7 Å². The molecule has 0 saturated carbocycles. The molecular formula is C21H27NO3. The van der Waals surface area contributed by atoms with Gasteiger partial charge in [0.25, 0.3) is 0 Å². The van der Waals surface area contributed by atoms with Crippen LogP contribution >= 0.6 is 0 Å². The first kappa shape index (κ1) is 19.0. The Morgan fingerprint density at radius 3 is 2.52 bits per heavy atom. The molecule has 2 rings (SSSR count). The van der Waals surface area contributed by atoms with Crippen LogP contribution < -0.4 is 9.80 Å². The number of anilines is 1. The fraction of sp³-hybridized carbons (Fsp3) is 0.381. The van der Waals surface area contributed by atoms with E-state index in [9.17, 15) is 10.0 Å². The molecule has 0 bridgehead atoms. The van der Waals surface area contributed by atoms with Crippen molar-refractivity contribution in [2.45, 2.75) is 53.6 Å². The molecule has 0 aliphatic rings. The minimum absolute atomic E-state index is 0.176. The number of hydrogen-bond donors (Lipinski definition) is 1. The van der Waals surface area contributed by atoms with Gasteiger partial charge in [-0.05, 0) is 37.0 Å². The molecule has 0 aliphatic carbocycles. The Morgan fingerprint density at radius 1 is 1.20 bits per heavy atom. The second-order valence-corrected chi connectivity index (χ2v) is 6.63. The van der Waals surface area contributed by atoms with E-state index in [2.05, 4.69) is 6.07 Å². The molecule has 2 aromatic carbocycles. The Balaban J connectivity index is 2.36. The van der Waals surface area contributed by atoms with Crippen molar-refractivity contribution in [3.63, 3.8) is 0 Å². The molecule has 0 radical (unpaired) electrons. The van der Waals surface area contributed by atoms with Crippen molar-refractivity contribution in [1.82, 2.24) is 0 Å². The summed E-state index contributed by atoms with van der Waals surface area (Å²) in [5, 5.41) is 11.2. The molecule has 1 N–H and O–H groups in total. The lowest BCUT2D eigenvalue weighted by atomic mass is 9.97. The van der Waals surface area contributed by atoms with E-state index in [1.165, 1.54) is 5.56 Å². The second kappa shape index (κ2) is 8.17. The molecule has 4 heteroatoms. The SMILES string of the molecule is CCC(=O)N(O)c1c(COc2ccc(C)cc2C)cccc1C(C)C. The molecule has 2 aromatic rings. The highest BCUT2D eigenvalue weighted by Crippen LogP contribution is 2.32. The number of ether oxygens (including phenoxy) is 1. The highest BCUT2D eigenvalue weighted by Gasteiger charge is 2.21. The predicted octanol–water partition coefficient (Wildman–Crippen LogP) is 5.14. The quantitative estimate of drug-likeness (QED) is 0.585. The number of amides is 1. The lowest BCUT2D eigenvalue weighted by molar-refractivity contribution is -0.123. The van der Waals surface area contributed by atoms with Gasteiger partial charge in [-0.15, -0.1) is 0 Å². The average molecular weight is 341 g/mol. The first-order valence-electron chi connectivity index (χ1n) is 8.68. The third-order valence-corrected chi connectivity index (χ3v) is 4.24. The van der Waals surface area contributed by atoms with Gasteiger partial charge in [0, 0.05) is 12.0 Å². The lowest BCUT2D eigenvalue weighted by Gasteiger charge is -2.23. The van der Waals surface area contributed by atoms with Crippen molar-refractivity contribution in [3.8, 4) is 5.75 Å². The smallest absolute Gasteiger partial charge is 0.250 e. The first-order chi connectivity index (χ1) is 11.8. The molecular weight excluding hydrogens is 314 g/mol. The molecule has 0 unspecified atom stereocenters. The molecule has 0 fully saturated rings. The van der Waals surface area contributed by atoms with Crippen molar-refractivity contribution in [1.29, 1.82) is 0 Å². The van der Waals surface area contributed by atoms with E-state index in [-0.39, 0.29) is 24.9 Å². The van der Waals surface area contributed by atoms with Crippen molar-refractivity contribution < 1.29 is 14.7 Å². The van der Waals surface area contributed by atoms with Crippen LogP contribution in [0.3, 0.4) is 0 Å². The normalized spacial score (nSPS) is 10.8. The number of benzene rings is 2. The number of nitrogens with zero attached hydrogens (tertiary/aromatic N) is 1. The zero-order valence-electron chi connectivity index (χ0n) is 15.7. The third kappa shape index (κ3) is 4.40. The van der Waals surface area contributed by atoms with Crippen LogP contribution in [0.5, 0.6) is 5.75 Å². The molecule has 0 aliphatic heterocycles. The Bertz CT molecular complexity index is 753. The third-order valence-electron chi connectivity index (χ3n) is 4.24. The van der Waals surface area contributed by atoms with Gasteiger partial charge >= 0.3 is 0 Å². The van der Waals surface area contributed by atoms with Gasteiger partial charge in [0.1, 0.15) is 12.4 Å². The maximum Gasteiger partial charge on any atom is 0.250 e. The molecule has 0 saturated heterocycles. The lowest BCUT2D eigenvalue weighted by Crippen LogP contribution is -2.28. The topological polar surface area (TPSA) is 49.8 Å². The van der Waals surface area contributed by atoms with Crippen LogP contribution in [0, 0.1) is 13.8 Å². The summed E-state index contributed by atoms with van der Waals surface area (Å²) in [5.74, 6) is 0.647. The maximum atomic E-state index is 12.0. The Labute approximate surface area is 150 Å². The maximum absolute atomic E-state index is 12.0. The second-order valence-electron chi connectivity index (χ2n) is 6.63. The van der Waals surface area contributed by atoms with Gasteiger partial charge < -0.3 is 4.74 Å². The standard InChI is InChI=1S/C21H27NO3/c1-6-20(23)22(24)21-17(8-7-9-18(21)14(2)3)13-25-19-11-10-15(4)12-16(19)5/h7-12,14,24H,6,13H2,1-5H3. The molecule has 4 nitrogen and oxygen atoms in total. The summed E-state index contributed by atoms with van der Waals surface area (Å²) in [6.45, 7) is 10.1. The fourth-order valence-electron chi connectivity index (χ4n) is 2.84. The highest BCUT2D eigenvalue weighted by atomic mass is 16.5. The number of carbonyl (C=O) groups excluding carboxylic acids is 1. The molecule has 0 aromatic heterocycles. The van der Waals surface area contributed by atoms with E-state index >= 15 is 0 Å². The van der Waals surface area contributed by atoms with Crippen LogP contribution in [0.2, 0.25) is 0 Å². The first-order valence-corrected chi connectivity index (χ1v) is 8.68. The van der Waals surface area contributed by atoms with Gasteiger partial charge in [-0.25, -0.2) is 0 Å². The van der Waals surface area contributed by atoms with Crippen LogP contribution in [0.4, 0.5) is 5.69 Å². The van der Waals surface area contributed by atoms with Crippen molar-refractivity contribution in [2.75, 3.05) is 5.06 Å². The largest absolute Gasteiger partial charge is 0.489 e. The summed E-state index contributed by atoms with van der Waals surface area (Å²) < 4.78 is 5.97. The van der Waals surface area contributed by atoms with Gasteiger partial charge in [0.15, 0.2) is 0 Å². The van der Waals surface area contributed by atoms with Gasteiger partial charge in [0.05, 0.1) is 5.69 Å². The Morgan fingerprint density at radius 2 is 1.92 bits per heavy atom. The van der Waals surface area contributed by atoms with Gasteiger partial charge in [0.2, 0.25) is 5.91 Å². The minimum Gasteiger partial charge on any atom is -0.489 e. The van der Waals surface area contributed by atoms with E-state index in [1.54, 1.807) is 6.92 Å². The molecule has 1 amide bonds. The highest BCUT2D eigenvalue weighted by molar-refractivity contribution is 5.92. The predicted molar refractivity (Wildman–Crippen MR) is 100 cm³/mol. The zero-order valence-corrected chi connectivity index (χ0v) is 15.7. The van der Waals surface area contributed by atoms with E-state index in [1.807, 2.05) is 58.0 Å². The monoisotopic (exact) mass is 341 g/mol. The van der Waals surface area contributed by atoms with Gasteiger partial charge in [-0.2, -0.15) is 5.06 Å². The van der Waals surface area contributed by atoms with E-state index < -0.39 is 0 Å². The van der Waals surface area contributed by atoms with Crippen molar-refractivity contribution in [3.05, 3.63) is 58.7 Å². The number of hydrogen-bond acceptors (Lipinski definition) is 3. The molecule has 0 atom stereocenters. The van der Waals surface area contributed by atoms with Crippen LogP contribution in [0.1, 0.15) is 55.4 Å². The fourth-order valence-corrected chi connectivity index (χ4v) is 2.84. The number of aryl methyl sites for hydroxylation is 2. The minimum atomic E-state index is -0.333. The Hall–Kier alpha value is -2.33. The summed E-state index contributed by atoms with van der Waals surface area (Å²) in [6.07, 6.45) is 0.236. The number of para-hydroxylation sites is 1. The average Bonchev–Trinajstić information content (AvgIpc) is 2.59. The Kier molecular flexibility index (Phi) is 6.21. The molecule has 0 spiro atoms. The van der Waals surface area contributed by atoms with E-state index in [4.69, 9.17) is 4.74 Å². The number of hydroxylamine groups is 1. The van der Waals surface area contributed by atoms with Crippen LogP contribution in [0.15, 0.2) is 36.4 Å². The summed E-state index contributed by atoms with van der Waals surface area (Å²) in [4.78, 5) is 12.0. The van der Waals surface area contributed by atoms with Crippen LogP contribution in [-0.2, 0) is 11.4 Å². The number of carbonyl (C=O) groups is 1.